The van der Waals surface area contributed by atoms with Gasteiger partial charge in [-0.1, -0.05) is 13.0 Å². The zero-order chi connectivity index (χ0) is 25.3. The molecule has 0 atom stereocenters. The molecule has 0 unspecified atom stereocenters. The van der Waals surface area contributed by atoms with E-state index in [-0.39, 0.29) is 23.1 Å². The Morgan fingerprint density at radius 2 is 1.74 bits per heavy atom. The van der Waals surface area contributed by atoms with Gasteiger partial charge in [0.2, 0.25) is 10.0 Å². The molecule has 0 saturated carbocycles. The van der Waals surface area contributed by atoms with Gasteiger partial charge in [-0.15, -0.1) is 0 Å². The summed E-state index contributed by atoms with van der Waals surface area (Å²) < 4.78 is 26.1. The zero-order valence-corrected chi connectivity index (χ0v) is 21.6. The van der Waals surface area contributed by atoms with Gasteiger partial charge in [0.1, 0.15) is 5.82 Å². The fourth-order valence-electron chi connectivity index (χ4n) is 4.66. The highest BCUT2D eigenvalue weighted by atomic mass is 32.2. The van der Waals surface area contributed by atoms with Crippen molar-refractivity contribution in [2.24, 2.45) is 0 Å². The molecule has 2 aromatic rings. The molecule has 1 aromatic carbocycles. The number of hydrogen-bond donors (Lipinski definition) is 0. The third-order valence-electron chi connectivity index (χ3n) is 6.64. The molecule has 0 N–H and O–H groups in total. The summed E-state index contributed by atoms with van der Waals surface area (Å²) in [5.41, 5.74) is 3.25. The number of nitrogens with zero attached hydrogens (tertiary/aromatic N) is 5. The average molecular weight is 500 g/mol. The number of anilines is 2. The van der Waals surface area contributed by atoms with Gasteiger partial charge in [0.25, 0.3) is 11.8 Å². The Balaban J connectivity index is 1.55. The molecule has 2 amide bonds. The number of pyridine rings is 1. The first-order valence-electron chi connectivity index (χ1n) is 12.0. The molecule has 9 nitrogen and oxygen atoms in total. The Kier molecular flexibility index (Phi) is 7.02. The maximum Gasteiger partial charge on any atom is 0.254 e. The molecule has 10 heteroatoms. The standard InChI is InChI=1S/C25H33N5O4S/c1-5-19-15-18(2)23(26-17-19)28-10-12-29(13-11-28)25(32)21-8-7-20(16-22(21)24(31)27(3)4)30-9-6-14-35(30,33)34/h7-8,15-17H,5-6,9-14H2,1-4H3. The van der Waals surface area contributed by atoms with E-state index in [1.54, 1.807) is 31.1 Å². The van der Waals surface area contributed by atoms with Gasteiger partial charge >= 0.3 is 0 Å². The van der Waals surface area contributed by atoms with Gasteiger partial charge in [-0.25, -0.2) is 13.4 Å². The van der Waals surface area contributed by atoms with Crippen LogP contribution in [0.3, 0.4) is 0 Å². The van der Waals surface area contributed by atoms with Gasteiger partial charge in [-0.2, -0.15) is 0 Å². The monoisotopic (exact) mass is 499 g/mol. The number of carbonyl (C=O) groups excluding carboxylic acids is 2. The van der Waals surface area contributed by atoms with Gasteiger partial charge in [0, 0.05) is 53.0 Å². The summed E-state index contributed by atoms with van der Waals surface area (Å²) in [5, 5.41) is 0. The number of carbonyl (C=O) groups is 2. The van der Waals surface area contributed by atoms with E-state index < -0.39 is 10.0 Å². The highest BCUT2D eigenvalue weighted by molar-refractivity contribution is 7.93. The Labute approximate surface area is 207 Å². The van der Waals surface area contributed by atoms with Crippen molar-refractivity contribution < 1.29 is 18.0 Å². The minimum Gasteiger partial charge on any atom is -0.353 e. The van der Waals surface area contributed by atoms with Crippen molar-refractivity contribution >= 4 is 33.3 Å². The number of benzene rings is 1. The van der Waals surface area contributed by atoms with Gasteiger partial charge < -0.3 is 14.7 Å². The van der Waals surface area contributed by atoms with Crippen molar-refractivity contribution in [2.45, 2.75) is 26.7 Å². The van der Waals surface area contributed by atoms with Crippen LogP contribution in [0.25, 0.3) is 0 Å². The van der Waals surface area contributed by atoms with E-state index in [1.165, 1.54) is 20.8 Å². The summed E-state index contributed by atoms with van der Waals surface area (Å²) >= 11 is 0. The largest absolute Gasteiger partial charge is 0.353 e. The van der Waals surface area contributed by atoms with Crippen LogP contribution >= 0.6 is 0 Å². The van der Waals surface area contributed by atoms with Gasteiger partial charge in [0.15, 0.2) is 0 Å². The molecule has 2 fully saturated rings. The Morgan fingerprint density at radius 1 is 1.03 bits per heavy atom. The highest BCUT2D eigenvalue weighted by Gasteiger charge is 2.31. The summed E-state index contributed by atoms with van der Waals surface area (Å²) in [4.78, 5) is 36.4. The van der Waals surface area contributed by atoms with Crippen LogP contribution in [0, 0.1) is 6.92 Å². The summed E-state index contributed by atoms with van der Waals surface area (Å²) in [5.74, 6) is 0.469. The lowest BCUT2D eigenvalue weighted by Gasteiger charge is -2.36. The van der Waals surface area contributed by atoms with Crippen LogP contribution in [0.5, 0.6) is 0 Å². The van der Waals surface area contributed by atoms with Crippen molar-refractivity contribution in [1.29, 1.82) is 0 Å². The Hall–Kier alpha value is -3.14. The summed E-state index contributed by atoms with van der Waals surface area (Å²) in [7, 11) is -0.158. The number of hydrogen-bond acceptors (Lipinski definition) is 6. The zero-order valence-electron chi connectivity index (χ0n) is 20.8. The average Bonchev–Trinajstić information content (AvgIpc) is 3.21. The van der Waals surface area contributed by atoms with Crippen LogP contribution in [-0.4, -0.2) is 87.6 Å². The van der Waals surface area contributed by atoms with Crippen molar-refractivity contribution in [3.05, 3.63) is 52.7 Å². The molecule has 2 saturated heterocycles. The van der Waals surface area contributed by atoms with E-state index in [9.17, 15) is 18.0 Å². The highest BCUT2D eigenvalue weighted by Crippen LogP contribution is 2.28. The molecule has 0 aliphatic carbocycles. The van der Waals surface area contributed by atoms with Crippen molar-refractivity contribution in [2.75, 3.05) is 61.8 Å². The summed E-state index contributed by atoms with van der Waals surface area (Å²) in [6.45, 7) is 6.84. The lowest BCUT2D eigenvalue weighted by Crippen LogP contribution is -2.49. The van der Waals surface area contributed by atoms with Crippen LogP contribution in [0.2, 0.25) is 0 Å². The number of rotatable bonds is 5. The summed E-state index contributed by atoms with van der Waals surface area (Å²) in [6, 6.07) is 6.91. The fourth-order valence-corrected chi connectivity index (χ4v) is 6.22. The second-order valence-corrected chi connectivity index (χ2v) is 11.3. The number of aryl methyl sites for hydroxylation is 2. The van der Waals surface area contributed by atoms with Crippen molar-refractivity contribution in [1.82, 2.24) is 14.8 Å². The lowest BCUT2D eigenvalue weighted by molar-refractivity contribution is 0.0731. The normalized spacial score (nSPS) is 17.5. The second-order valence-electron chi connectivity index (χ2n) is 9.29. The van der Waals surface area contributed by atoms with Gasteiger partial charge in [-0.3, -0.25) is 13.9 Å². The number of sulfonamides is 1. The van der Waals surface area contributed by atoms with Crippen molar-refractivity contribution in [3.63, 3.8) is 0 Å². The first-order valence-corrected chi connectivity index (χ1v) is 13.6. The molecular formula is C25H33N5O4S. The number of piperazine rings is 1. The number of aromatic nitrogens is 1. The second kappa shape index (κ2) is 9.85. The predicted molar refractivity (Wildman–Crippen MR) is 137 cm³/mol. The van der Waals surface area contributed by atoms with Crippen LogP contribution < -0.4 is 9.21 Å². The molecule has 2 aliphatic rings. The lowest BCUT2D eigenvalue weighted by atomic mass is 10.0. The topological polar surface area (TPSA) is 94.1 Å². The minimum atomic E-state index is -3.40. The van der Waals surface area contributed by atoms with E-state index in [0.717, 1.165) is 17.8 Å². The SMILES string of the molecule is CCc1cnc(N2CCN(C(=O)c3ccc(N4CCCS4(=O)=O)cc3C(=O)N(C)C)CC2)c(C)c1. The molecule has 35 heavy (non-hydrogen) atoms. The van der Waals surface area contributed by atoms with Crippen molar-refractivity contribution in [3.8, 4) is 0 Å². The first kappa shape index (κ1) is 25.0. The van der Waals surface area contributed by atoms with Gasteiger partial charge in [0.05, 0.1) is 22.6 Å². The van der Waals surface area contributed by atoms with E-state index in [1.807, 2.05) is 6.20 Å². The first-order chi connectivity index (χ1) is 16.6. The summed E-state index contributed by atoms with van der Waals surface area (Å²) in [6.07, 6.45) is 3.38. The van der Waals surface area contributed by atoms with Crippen LogP contribution in [0.15, 0.2) is 30.5 Å². The fraction of sp³-hybridized carbons (Fsp3) is 0.480. The van der Waals surface area contributed by atoms with Gasteiger partial charge in [-0.05, 0) is 49.1 Å². The Bertz CT molecular complexity index is 1240. The smallest absolute Gasteiger partial charge is 0.254 e. The van der Waals surface area contributed by atoms with E-state index in [0.29, 0.717) is 50.4 Å². The third-order valence-corrected chi connectivity index (χ3v) is 8.51. The molecule has 0 bridgehead atoms. The van der Waals surface area contributed by atoms with Crippen LogP contribution in [0.1, 0.15) is 45.2 Å². The maximum absolute atomic E-state index is 13.5. The third kappa shape index (κ3) is 4.98. The molecular weight excluding hydrogens is 466 g/mol. The minimum absolute atomic E-state index is 0.0877. The van der Waals surface area contributed by atoms with E-state index in [4.69, 9.17) is 0 Å². The van der Waals surface area contributed by atoms with E-state index in [2.05, 4.69) is 29.8 Å². The molecule has 3 heterocycles. The van der Waals surface area contributed by atoms with E-state index >= 15 is 0 Å². The molecule has 0 spiro atoms. The molecule has 2 aliphatic heterocycles. The molecule has 0 radical (unpaired) electrons. The molecule has 4 rings (SSSR count). The Morgan fingerprint density at radius 3 is 2.31 bits per heavy atom. The predicted octanol–water partition coefficient (Wildman–Crippen LogP) is 2.16. The maximum atomic E-state index is 13.5. The number of amides is 2. The van der Waals surface area contributed by atoms with Crippen LogP contribution in [-0.2, 0) is 16.4 Å². The molecule has 1 aromatic heterocycles. The quantitative estimate of drug-likeness (QED) is 0.626. The van der Waals surface area contributed by atoms with Crippen LogP contribution in [0.4, 0.5) is 11.5 Å². The molecule has 188 valence electrons.